The Hall–Kier alpha value is 0.1000. The quantitative estimate of drug-likeness (QED) is 0.300. The summed E-state index contributed by atoms with van der Waals surface area (Å²) in [5.41, 5.74) is 0. The van der Waals surface area contributed by atoms with Crippen LogP contribution in [0, 0.1) is 0 Å². The molecule has 0 spiro atoms. The van der Waals surface area contributed by atoms with Crippen molar-refractivity contribution in [2.24, 2.45) is 0 Å². The smallest absolute Gasteiger partial charge is 0.391 e. The Morgan fingerprint density at radius 3 is 0.960 bits per heavy atom. The molecule has 0 aliphatic rings. The van der Waals surface area contributed by atoms with Gasteiger partial charge in [-0.05, 0) is 27.7 Å². The van der Waals surface area contributed by atoms with Gasteiger partial charge in [0, 0.05) is 0 Å². The van der Waals surface area contributed by atoms with Gasteiger partial charge < -0.3 is 20.4 Å². The Balaban J connectivity index is 5.24. The lowest BCUT2D eigenvalue weighted by molar-refractivity contribution is 0.0361. The number of hydrogen-bond donors (Lipinski definition) is 4. The van der Waals surface area contributed by atoms with Crippen molar-refractivity contribution in [3.8, 4) is 0 Å². The van der Waals surface area contributed by atoms with Crippen LogP contribution in [0.4, 0.5) is 0 Å². The molecule has 11 nitrogen and oxygen atoms in total. The van der Waals surface area contributed by atoms with Crippen LogP contribution in [0.1, 0.15) is 27.7 Å². The summed E-state index contributed by atoms with van der Waals surface area (Å²) in [5, 5.41) is 37.0. The van der Waals surface area contributed by atoms with Gasteiger partial charge in [0.2, 0.25) is 0 Å². The molecule has 25 heavy (non-hydrogen) atoms. The van der Waals surface area contributed by atoms with Crippen LogP contribution in [-0.2, 0) is 31.5 Å². The SMILES string of the molecule is CC(O)COP(=O)(OCC(C)O)OP(=O)(OCC(C)O)OCC(C)O. The molecule has 0 aromatic carbocycles. The predicted molar refractivity (Wildman–Crippen MR) is 86.8 cm³/mol. The van der Waals surface area contributed by atoms with E-state index in [1.54, 1.807) is 0 Å². The van der Waals surface area contributed by atoms with Crippen LogP contribution in [-0.4, -0.2) is 71.3 Å². The molecule has 0 aliphatic heterocycles. The number of aliphatic hydroxyl groups excluding tert-OH is 4. The molecule has 0 amide bonds. The van der Waals surface area contributed by atoms with Crippen molar-refractivity contribution in [2.45, 2.75) is 52.1 Å². The van der Waals surface area contributed by atoms with E-state index in [4.69, 9.17) is 22.4 Å². The van der Waals surface area contributed by atoms with Crippen LogP contribution in [0.25, 0.3) is 0 Å². The molecule has 0 rings (SSSR count). The van der Waals surface area contributed by atoms with Crippen LogP contribution in [0.15, 0.2) is 0 Å². The molecule has 13 heteroatoms. The lowest BCUT2D eigenvalue weighted by Crippen LogP contribution is -2.17. The first-order valence-corrected chi connectivity index (χ1v) is 10.5. The number of aliphatic hydroxyl groups is 4. The lowest BCUT2D eigenvalue weighted by atomic mass is 10.5. The van der Waals surface area contributed by atoms with Gasteiger partial charge in [-0.3, -0.25) is 18.1 Å². The van der Waals surface area contributed by atoms with Crippen molar-refractivity contribution in [3.63, 3.8) is 0 Å². The second-order valence-corrected chi connectivity index (χ2v) is 9.03. The maximum atomic E-state index is 12.6. The third kappa shape index (κ3) is 13.0. The highest BCUT2D eigenvalue weighted by Crippen LogP contribution is 2.66. The summed E-state index contributed by atoms with van der Waals surface area (Å²) in [6.07, 6.45) is -4.15. The minimum atomic E-state index is -4.56. The second kappa shape index (κ2) is 11.7. The second-order valence-electron chi connectivity index (χ2n) is 5.56. The van der Waals surface area contributed by atoms with E-state index in [0.717, 1.165) is 0 Å². The highest BCUT2D eigenvalue weighted by Gasteiger charge is 2.41. The Bertz CT molecular complexity index is 380. The maximum absolute atomic E-state index is 12.6. The molecule has 0 heterocycles. The summed E-state index contributed by atoms with van der Waals surface area (Å²) in [5.74, 6) is 0. The van der Waals surface area contributed by atoms with Crippen LogP contribution in [0.2, 0.25) is 0 Å². The fraction of sp³-hybridized carbons (Fsp3) is 1.00. The van der Waals surface area contributed by atoms with E-state index in [-0.39, 0.29) is 0 Å². The predicted octanol–water partition coefficient (Wildman–Crippen LogP) is 0.809. The van der Waals surface area contributed by atoms with Gasteiger partial charge in [-0.25, -0.2) is 9.13 Å². The molecule has 0 fully saturated rings. The van der Waals surface area contributed by atoms with Crippen LogP contribution in [0.5, 0.6) is 0 Å². The van der Waals surface area contributed by atoms with E-state index in [2.05, 4.69) is 0 Å². The molecule has 0 saturated carbocycles. The summed E-state index contributed by atoms with van der Waals surface area (Å²) in [6.45, 7) is 3.43. The average Bonchev–Trinajstić information content (AvgIpc) is 2.48. The van der Waals surface area contributed by atoms with E-state index in [1.165, 1.54) is 27.7 Å². The largest absolute Gasteiger partial charge is 0.483 e. The molecular formula is C12H28O11P2. The average molecular weight is 410 g/mol. The fourth-order valence-corrected chi connectivity index (χ4v) is 4.56. The standard InChI is InChI=1S/C12H28O11P2/c1-9(13)5-19-24(17,20-6-10(2)14)23-25(18,21-7-11(3)15)22-8-12(4)16/h9-16H,5-8H2,1-4H3. The van der Waals surface area contributed by atoms with E-state index in [0.29, 0.717) is 0 Å². The Morgan fingerprint density at radius 1 is 0.600 bits per heavy atom. The van der Waals surface area contributed by atoms with Crippen LogP contribution in [0.3, 0.4) is 0 Å². The molecule has 0 aliphatic carbocycles. The van der Waals surface area contributed by atoms with Gasteiger partial charge in [-0.1, -0.05) is 0 Å². The van der Waals surface area contributed by atoms with Gasteiger partial charge in [0.25, 0.3) is 0 Å². The highest BCUT2D eigenvalue weighted by atomic mass is 31.3. The van der Waals surface area contributed by atoms with Gasteiger partial charge >= 0.3 is 15.6 Å². The fourth-order valence-electron chi connectivity index (χ4n) is 1.09. The summed E-state index contributed by atoms with van der Waals surface area (Å²) in [4.78, 5) is 0. The van der Waals surface area contributed by atoms with Crippen molar-refractivity contribution in [2.75, 3.05) is 26.4 Å². The molecule has 0 aromatic heterocycles. The minimum absolute atomic E-state index is 0.482. The first-order valence-electron chi connectivity index (χ1n) is 7.59. The minimum Gasteiger partial charge on any atom is -0.391 e. The lowest BCUT2D eigenvalue weighted by Gasteiger charge is -2.24. The zero-order chi connectivity index (χ0) is 19.7. The molecule has 0 radical (unpaired) electrons. The van der Waals surface area contributed by atoms with Gasteiger partial charge in [-0.15, -0.1) is 0 Å². The number of hydrogen-bond acceptors (Lipinski definition) is 11. The van der Waals surface area contributed by atoms with E-state index in [1.807, 2.05) is 0 Å². The van der Waals surface area contributed by atoms with Gasteiger partial charge in [0.15, 0.2) is 0 Å². The molecular weight excluding hydrogens is 382 g/mol. The number of rotatable bonds is 14. The van der Waals surface area contributed by atoms with Gasteiger partial charge in [-0.2, -0.15) is 4.31 Å². The van der Waals surface area contributed by atoms with E-state index in [9.17, 15) is 29.6 Å². The Morgan fingerprint density at radius 2 is 0.800 bits per heavy atom. The first-order chi connectivity index (χ1) is 11.4. The zero-order valence-corrected chi connectivity index (χ0v) is 16.5. The molecule has 0 saturated heterocycles. The number of phosphoric ester groups is 2. The third-order valence-corrected chi connectivity index (χ3v) is 5.56. The summed E-state index contributed by atoms with van der Waals surface area (Å²) < 4.78 is 49.3. The van der Waals surface area contributed by atoms with E-state index >= 15 is 0 Å². The molecule has 0 bridgehead atoms. The van der Waals surface area contributed by atoms with Gasteiger partial charge in [0.05, 0.1) is 50.8 Å². The van der Waals surface area contributed by atoms with Crippen LogP contribution >= 0.6 is 15.6 Å². The molecule has 152 valence electrons. The summed E-state index contributed by atoms with van der Waals surface area (Å²) in [7, 11) is -9.13. The number of phosphoric acid groups is 2. The molecule has 4 N–H and O–H groups in total. The van der Waals surface area contributed by atoms with Crippen molar-refractivity contribution in [1.82, 2.24) is 0 Å². The topological polar surface area (TPSA) is 161 Å². The van der Waals surface area contributed by atoms with Crippen molar-refractivity contribution < 1.29 is 52.0 Å². The molecule has 4 atom stereocenters. The molecule has 0 aromatic rings. The summed E-state index contributed by atoms with van der Waals surface area (Å²) >= 11 is 0. The van der Waals surface area contributed by atoms with Crippen molar-refractivity contribution >= 4 is 15.6 Å². The summed E-state index contributed by atoms with van der Waals surface area (Å²) in [6, 6.07) is 0. The third-order valence-electron chi connectivity index (χ3n) is 2.10. The Labute approximate surface area is 147 Å². The Kier molecular flexibility index (Phi) is 11.8. The molecule has 4 unspecified atom stereocenters. The van der Waals surface area contributed by atoms with Gasteiger partial charge in [0.1, 0.15) is 0 Å². The normalized spacial score (nSPS) is 21.8. The highest BCUT2D eigenvalue weighted by molar-refractivity contribution is 7.62. The zero-order valence-electron chi connectivity index (χ0n) is 14.7. The van der Waals surface area contributed by atoms with Crippen molar-refractivity contribution in [3.05, 3.63) is 0 Å². The van der Waals surface area contributed by atoms with Crippen LogP contribution < -0.4 is 0 Å². The van der Waals surface area contributed by atoms with E-state index < -0.39 is 66.5 Å². The first kappa shape index (κ1) is 25.1. The maximum Gasteiger partial charge on any atom is 0.483 e. The monoisotopic (exact) mass is 410 g/mol. The van der Waals surface area contributed by atoms with Crippen molar-refractivity contribution in [1.29, 1.82) is 0 Å².